The lowest BCUT2D eigenvalue weighted by Crippen LogP contribution is -2.51. The zero-order chi connectivity index (χ0) is 19.7. The van der Waals surface area contributed by atoms with E-state index in [0.717, 1.165) is 0 Å². The fourth-order valence-corrected chi connectivity index (χ4v) is 4.62. The molecule has 0 spiro atoms. The van der Waals surface area contributed by atoms with Gasteiger partial charge in [0.15, 0.2) is 10.8 Å². The number of carboxylic acid groups (broad SMARTS) is 4. The summed E-state index contributed by atoms with van der Waals surface area (Å²) in [6.45, 7) is 6.00. The summed E-state index contributed by atoms with van der Waals surface area (Å²) in [5.41, 5.74) is -4.12. The Bertz CT molecular complexity index is 499. The molecule has 1 aliphatic rings. The van der Waals surface area contributed by atoms with Crippen molar-refractivity contribution in [1.82, 2.24) is 0 Å². The minimum absolute atomic E-state index is 0.0619. The lowest BCUT2D eigenvalue weighted by Gasteiger charge is -2.37. The first-order valence-electron chi connectivity index (χ1n) is 8.31. The van der Waals surface area contributed by atoms with Gasteiger partial charge >= 0.3 is 23.9 Å². The SMILES string of the molecule is CC(C)C(C(=O)O)(C(=O)O)C1CCC(C(C(=O)O)(C(=O)O)C(C)C)C1. The van der Waals surface area contributed by atoms with Gasteiger partial charge in [0.25, 0.3) is 0 Å². The van der Waals surface area contributed by atoms with Crippen LogP contribution in [0.5, 0.6) is 0 Å². The Hall–Kier alpha value is -2.12. The first-order chi connectivity index (χ1) is 11.4. The van der Waals surface area contributed by atoms with Gasteiger partial charge in [-0.05, 0) is 42.9 Å². The van der Waals surface area contributed by atoms with Crippen molar-refractivity contribution in [2.24, 2.45) is 34.5 Å². The van der Waals surface area contributed by atoms with Crippen LogP contribution < -0.4 is 0 Å². The number of carbonyl (C=O) groups is 4. The molecule has 142 valence electrons. The predicted octanol–water partition coefficient (Wildman–Crippen LogP) is 2.03. The summed E-state index contributed by atoms with van der Waals surface area (Å²) in [4.78, 5) is 47.3. The Balaban J connectivity index is 3.38. The highest BCUT2D eigenvalue weighted by Crippen LogP contribution is 2.54. The maximum atomic E-state index is 11.8. The van der Waals surface area contributed by atoms with Crippen LogP contribution in [0.2, 0.25) is 0 Å². The summed E-state index contributed by atoms with van der Waals surface area (Å²) in [6.07, 6.45) is 0.264. The molecule has 1 rings (SSSR count). The second-order valence-electron chi connectivity index (χ2n) is 7.47. The van der Waals surface area contributed by atoms with Gasteiger partial charge in [-0.2, -0.15) is 0 Å². The Morgan fingerprint density at radius 3 is 1.08 bits per heavy atom. The third kappa shape index (κ3) is 2.87. The molecule has 0 radical (unpaired) electrons. The largest absolute Gasteiger partial charge is 0.480 e. The van der Waals surface area contributed by atoms with E-state index < -0.39 is 58.4 Å². The van der Waals surface area contributed by atoms with Gasteiger partial charge in [-0.25, -0.2) is 0 Å². The number of hydrogen-bond donors (Lipinski definition) is 4. The van der Waals surface area contributed by atoms with Gasteiger partial charge < -0.3 is 20.4 Å². The normalized spacial score (nSPS) is 21.5. The molecule has 8 nitrogen and oxygen atoms in total. The van der Waals surface area contributed by atoms with Gasteiger partial charge in [-0.1, -0.05) is 27.7 Å². The molecular formula is C17H26O8. The van der Waals surface area contributed by atoms with Crippen LogP contribution in [0.1, 0.15) is 47.0 Å². The van der Waals surface area contributed by atoms with Crippen molar-refractivity contribution in [2.75, 3.05) is 0 Å². The van der Waals surface area contributed by atoms with Crippen molar-refractivity contribution < 1.29 is 39.6 Å². The van der Waals surface area contributed by atoms with E-state index in [4.69, 9.17) is 0 Å². The van der Waals surface area contributed by atoms with E-state index in [-0.39, 0.29) is 19.3 Å². The van der Waals surface area contributed by atoms with Gasteiger partial charge in [-0.15, -0.1) is 0 Å². The van der Waals surface area contributed by atoms with E-state index in [1.807, 2.05) is 0 Å². The Morgan fingerprint density at radius 2 is 0.920 bits per heavy atom. The molecular weight excluding hydrogens is 332 g/mol. The van der Waals surface area contributed by atoms with Crippen LogP contribution >= 0.6 is 0 Å². The maximum Gasteiger partial charge on any atom is 0.321 e. The van der Waals surface area contributed by atoms with Crippen molar-refractivity contribution in [2.45, 2.75) is 47.0 Å². The lowest BCUT2D eigenvalue weighted by atomic mass is 9.63. The Labute approximate surface area is 145 Å². The standard InChI is InChI=1S/C17H26O8/c1-8(2)16(12(18)19,13(20)21)10-5-6-11(7-10)17(9(3)4,14(22)23)15(24)25/h8-11H,5-7H2,1-4H3,(H,18,19)(H,20,21)(H,22,23)(H,24,25). The number of carboxylic acids is 4. The van der Waals surface area contributed by atoms with Crippen molar-refractivity contribution in [3.05, 3.63) is 0 Å². The molecule has 25 heavy (non-hydrogen) atoms. The molecule has 0 bridgehead atoms. The molecule has 1 fully saturated rings. The maximum absolute atomic E-state index is 11.8. The van der Waals surface area contributed by atoms with E-state index in [1.54, 1.807) is 0 Å². The summed E-state index contributed by atoms with van der Waals surface area (Å²) >= 11 is 0. The molecule has 0 aromatic rings. The first kappa shape index (κ1) is 20.9. The summed E-state index contributed by atoms with van der Waals surface area (Å²) in [5, 5.41) is 38.5. The minimum atomic E-state index is -2.06. The molecule has 0 heterocycles. The topological polar surface area (TPSA) is 149 Å². The van der Waals surface area contributed by atoms with Crippen molar-refractivity contribution >= 4 is 23.9 Å². The number of rotatable bonds is 8. The quantitative estimate of drug-likeness (QED) is 0.481. The van der Waals surface area contributed by atoms with Gasteiger partial charge in [-0.3, -0.25) is 19.2 Å². The molecule has 0 amide bonds. The molecule has 2 atom stereocenters. The second kappa shape index (κ2) is 7.01. The van der Waals surface area contributed by atoms with Crippen LogP contribution in [0.25, 0.3) is 0 Å². The average molecular weight is 358 g/mol. The fourth-order valence-electron chi connectivity index (χ4n) is 4.62. The van der Waals surface area contributed by atoms with E-state index in [9.17, 15) is 39.6 Å². The lowest BCUT2D eigenvalue weighted by molar-refractivity contribution is -0.174. The predicted molar refractivity (Wildman–Crippen MR) is 85.9 cm³/mol. The average Bonchev–Trinajstić information content (AvgIpc) is 2.87. The van der Waals surface area contributed by atoms with Gasteiger partial charge in [0.05, 0.1) is 0 Å². The summed E-state index contributed by atoms with van der Waals surface area (Å²) < 4.78 is 0. The third-order valence-electron chi connectivity index (χ3n) is 5.96. The van der Waals surface area contributed by atoms with Crippen LogP contribution in [-0.4, -0.2) is 44.3 Å². The first-order valence-corrected chi connectivity index (χ1v) is 8.31. The molecule has 0 saturated heterocycles. The molecule has 0 aromatic heterocycles. The van der Waals surface area contributed by atoms with Gasteiger partial charge in [0.1, 0.15) is 0 Å². The van der Waals surface area contributed by atoms with Crippen LogP contribution in [0.4, 0.5) is 0 Å². The fraction of sp³-hybridized carbons (Fsp3) is 0.765. The zero-order valence-electron chi connectivity index (χ0n) is 14.9. The molecule has 0 aromatic carbocycles. The van der Waals surface area contributed by atoms with Crippen LogP contribution in [0.15, 0.2) is 0 Å². The zero-order valence-corrected chi connectivity index (χ0v) is 14.9. The summed E-state index contributed by atoms with van der Waals surface area (Å²) in [6, 6.07) is 0. The number of aliphatic carboxylic acids is 4. The van der Waals surface area contributed by atoms with Crippen molar-refractivity contribution in [1.29, 1.82) is 0 Å². The highest BCUT2D eigenvalue weighted by atomic mass is 16.4. The van der Waals surface area contributed by atoms with Gasteiger partial charge in [0, 0.05) is 0 Å². The molecule has 1 aliphatic carbocycles. The van der Waals surface area contributed by atoms with Gasteiger partial charge in [0.2, 0.25) is 0 Å². The van der Waals surface area contributed by atoms with Crippen LogP contribution in [0, 0.1) is 34.5 Å². The third-order valence-corrected chi connectivity index (χ3v) is 5.96. The minimum Gasteiger partial charge on any atom is -0.480 e. The van der Waals surface area contributed by atoms with Crippen molar-refractivity contribution in [3.63, 3.8) is 0 Å². The van der Waals surface area contributed by atoms with E-state index >= 15 is 0 Å². The number of hydrogen-bond acceptors (Lipinski definition) is 4. The molecule has 1 saturated carbocycles. The van der Waals surface area contributed by atoms with Crippen LogP contribution in [0.3, 0.4) is 0 Å². The van der Waals surface area contributed by atoms with E-state index in [0.29, 0.717) is 0 Å². The van der Waals surface area contributed by atoms with E-state index in [1.165, 1.54) is 27.7 Å². The summed E-state index contributed by atoms with van der Waals surface area (Å²) in [7, 11) is 0. The Morgan fingerprint density at radius 1 is 0.680 bits per heavy atom. The summed E-state index contributed by atoms with van der Waals surface area (Å²) in [5.74, 6) is -9.00. The highest BCUT2D eigenvalue weighted by Gasteiger charge is 2.62. The molecule has 4 N–H and O–H groups in total. The molecule has 8 heteroatoms. The Kier molecular flexibility index (Phi) is 5.87. The second-order valence-corrected chi connectivity index (χ2v) is 7.47. The van der Waals surface area contributed by atoms with Crippen LogP contribution in [-0.2, 0) is 19.2 Å². The smallest absolute Gasteiger partial charge is 0.321 e. The molecule has 2 unspecified atom stereocenters. The monoisotopic (exact) mass is 358 g/mol. The highest BCUT2D eigenvalue weighted by molar-refractivity contribution is 6.00. The van der Waals surface area contributed by atoms with Crippen molar-refractivity contribution in [3.8, 4) is 0 Å². The van der Waals surface area contributed by atoms with E-state index in [2.05, 4.69) is 0 Å². The molecule has 0 aliphatic heterocycles.